The van der Waals surface area contributed by atoms with Gasteiger partial charge in [0, 0.05) is 23.7 Å². The van der Waals surface area contributed by atoms with Crippen LogP contribution in [-0.2, 0) is 6.54 Å². The number of nitrogens with zero attached hydrogens (tertiary/aromatic N) is 1. The van der Waals surface area contributed by atoms with E-state index in [0.29, 0.717) is 16.5 Å². The van der Waals surface area contributed by atoms with E-state index in [0.717, 1.165) is 0 Å². The molecule has 0 aliphatic carbocycles. The van der Waals surface area contributed by atoms with Gasteiger partial charge in [0.25, 0.3) is 0 Å². The first-order chi connectivity index (χ1) is 9.45. The van der Waals surface area contributed by atoms with Crippen molar-refractivity contribution in [3.63, 3.8) is 0 Å². The third-order valence-electron chi connectivity index (χ3n) is 2.75. The zero-order chi connectivity index (χ0) is 14.8. The van der Waals surface area contributed by atoms with Crippen LogP contribution in [0.1, 0.15) is 5.56 Å². The molecule has 0 amide bonds. The van der Waals surface area contributed by atoms with E-state index in [-0.39, 0.29) is 12.3 Å². The summed E-state index contributed by atoms with van der Waals surface area (Å²) in [4.78, 5) is 4.10. The van der Waals surface area contributed by atoms with E-state index in [2.05, 4.69) is 4.98 Å². The number of alkyl halides is 4. The molecule has 0 unspecified atom stereocenters. The van der Waals surface area contributed by atoms with Crippen molar-refractivity contribution in [1.29, 1.82) is 0 Å². The molecule has 1 aromatic heterocycles. The average Bonchev–Trinajstić information content (AvgIpc) is 2.44. The second-order valence-electron chi connectivity index (χ2n) is 4.18. The second-order valence-corrected chi connectivity index (χ2v) is 4.18. The number of pyridine rings is 1. The van der Waals surface area contributed by atoms with Crippen LogP contribution in [0, 0.1) is 0 Å². The van der Waals surface area contributed by atoms with Gasteiger partial charge in [0.1, 0.15) is 5.75 Å². The number of nitrogens with two attached hydrogens (primary N) is 1. The van der Waals surface area contributed by atoms with Gasteiger partial charge in [-0.05, 0) is 12.1 Å². The Hall–Kier alpha value is -1.89. The molecule has 2 N–H and O–H groups in total. The lowest BCUT2D eigenvalue weighted by Gasteiger charge is -2.18. The Morgan fingerprint density at radius 2 is 1.95 bits per heavy atom. The molecule has 20 heavy (non-hydrogen) atoms. The summed E-state index contributed by atoms with van der Waals surface area (Å²) in [6.07, 6.45) is -2.39. The Balaban J connectivity index is 2.37. The predicted octanol–water partition coefficient (Wildman–Crippen LogP) is 2.97. The van der Waals surface area contributed by atoms with E-state index in [1.54, 1.807) is 24.3 Å². The van der Waals surface area contributed by atoms with Gasteiger partial charge in [-0.2, -0.15) is 8.78 Å². The van der Waals surface area contributed by atoms with E-state index in [1.807, 2.05) is 0 Å². The zero-order valence-electron chi connectivity index (χ0n) is 10.3. The monoisotopic (exact) mass is 288 g/mol. The van der Waals surface area contributed by atoms with Gasteiger partial charge in [-0.1, -0.05) is 12.1 Å². The molecule has 3 nitrogen and oxygen atoms in total. The fourth-order valence-corrected chi connectivity index (χ4v) is 1.70. The first-order valence-corrected chi connectivity index (χ1v) is 5.81. The topological polar surface area (TPSA) is 48.1 Å². The first kappa shape index (κ1) is 14.5. The van der Waals surface area contributed by atoms with Gasteiger partial charge < -0.3 is 10.5 Å². The number of rotatable bonds is 5. The van der Waals surface area contributed by atoms with E-state index in [1.165, 1.54) is 6.20 Å². The van der Waals surface area contributed by atoms with E-state index < -0.39 is 19.0 Å². The Morgan fingerprint density at radius 3 is 2.60 bits per heavy atom. The van der Waals surface area contributed by atoms with Gasteiger partial charge in [0.2, 0.25) is 0 Å². The highest BCUT2D eigenvalue weighted by Gasteiger charge is 2.42. The number of para-hydroxylation sites is 1. The molecule has 2 aromatic rings. The number of hydrogen-bond donors (Lipinski definition) is 1. The lowest BCUT2D eigenvalue weighted by molar-refractivity contribution is -0.148. The maximum Gasteiger partial charge on any atom is 0.340 e. The molecule has 0 fully saturated rings. The Bertz CT molecular complexity index is 604. The van der Waals surface area contributed by atoms with Gasteiger partial charge in [0.15, 0.2) is 6.61 Å². The molecule has 0 aliphatic rings. The summed E-state index contributed by atoms with van der Waals surface area (Å²) in [5, 5.41) is 0.459. The van der Waals surface area contributed by atoms with Crippen LogP contribution in [0.15, 0.2) is 30.5 Å². The van der Waals surface area contributed by atoms with Crippen LogP contribution in [0.4, 0.5) is 17.6 Å². The summed E-state index contributed by atoms with van der Waals surface area (Å²) in [7, 11) is 0. The highest BCUT2D eigenvalue weighted by Crippen LogP contribution is 2.31. The molecular weight excluding hydrogens is 276 g/mol. The lowest BCUT2D eigenvalue weighted by atomic mass is 10.1. The van der Waals surface area contributed by atoms with Gasteiger partial charge in [-0.15, -0.1) is 0 Å². The van der Waals surface area contributed by atoms with Crippen LogP contribution in [0.25, 0.3) is 10.9 Å². The minimum Gasteiger partial charge on any atom is -0.486 e. The molecule has 0 saturated carbocycles. The summed E-state index contributed by atoms with van der Waals surface area (Å²) in [5.74, 6) is -4.14. The third-order valence-corrected chi connectivity index (χ3v) is 2.75. The molecule has 1 heterocycles. The summed E-state index contributed by atoms with van der Waals surface area (Å²) in [5.41, 5.74) is 6.38. The molecule has 0 spiro atoms. The van der Waals surface area contributed by atoms with Crippen LogP contribution in [-0.4, -0.2) is 23.9 Å². The molecule has 0 atom stereocenters. The van der Waals surface area contributed by atoms with Gasteiger partial charge in [0.05, 0.1) is 5.52 Å². The molecule has 1 aromatic carbocycles. The maximum atomic E-state index is 12.9. The smallest absolute Gasteiger partial charge is 0.340 e. The number of ether oxygens (including phenoxy) is 1. The highest BCUT2D eigenvalue weighted by atomic mass is 19.3. The third kappa shape index (κ3) is 2.82. The first-order valence-electron chi connectivity index (χ1n) is 5.81. The largest absolute Gasteiger partial charge is 0.486 e. The SMILES string of the molecule is NCc1cnc2ccccc2c1OCC(F)(F)C(F)F. The zero-order valence-corrected chi connectivity index (χ0v) is 10.3. The van der Waals surface area contributed by atoms with Crippen molar-refractivity contribution in [1.82, 2.24) is 4.98 Å². The van der Waals surface area contributed by atoms with Crippen molar-refractivity contribution in [3.05, 3.63) is 36.0 Å². The van der Waals surface area contributed by atoms with E-state index in [4.69, 9.17) is 10.5 Å². The minimum absolute atomic E-state index is 0.00736. The molecule has 7 heteroatoms. The van der Waals surface area contributed by atoms with Crippen LogP contribution in [0.3, 0.4) is 0 Å². The Kier molecular flexibility index (Phi) is 4.08. The maximum absolute atomic E-state index is 12.9. The number of benzene rings is 1. The summed E-state index contributed by atoms with van der Waals surface area (Å²) in [6, 6.07) is 6.66. The summed E-state index contributed by atoms with van der Waals surface area (Å²) in [6.45, 7) is -1.40. The second kappa shape index (κ2) is 5.62. The summed E-state index contributed by atoms with van der Waals surface area (Å²) < 4.78 is 55.1. The minimum atomic E-state index is -4.21. The van der Waals surface area contributed by atoms with Crippen molar-refractivity contribution in [3.8, 4) is 5.75 Å². The Labute approximate surface area is 112 Å². The van der Waals surface area contributed by atoms with Gasteiger partial charge in [-0.3, -0.25) is 4.98 Å². The number of halogens is 4. The molecular formula is C13H12F4N2O. The van der Waals surface area contributed by atoms with Gasteiger partial charge >= 0.3 is 12.3 Å². The van der Waals surface area contributed by atoms with Crippen molar-refractivity contribution in [2.45, 2.75) is 18.9 Å². The van der Waals surface area contributed by atoms with Crippen molar-refractivity contribution < 1.29 is 22.3 Å². The Morgan fingerprint density at radius 1 is 1.25 bits per heavy atom. The molecule has 108 valence electrons. The van der Waals surface area contributed by atoms with Crippen LogP contribution in [0.2, 0.25) is 0 Å². The van der Waals surface area contributed by atoms with E-state index in [9.17, 15) is 17.6 Å². The molecule has 2 rings (SSSR count). The lowest BCUT2D eigenvalue weighted by Crippen LogP contribution is -2.34. The molecule has 0 bridgehead atoms. The predicted molar refractivity (Wildman–Crippen MR) is 66.1 cm³/mol. The van der Waals surface area contributed by atoms with Crippen molar-refractivity contribution in [2.75, 3.05) is 6.61 Å². The number of fused-ring (bicyclic) bond motifs is 1. The van der Waals surface area contributed by atoms with Crippen LogP contribution >= 0.6 is 0 Å². The van der Waals surface area contributed by atoms with Crippen molar-refractivity contribution in [2.24, 2.45) is 5.73 Å². The average molecular weight is 288 g/mol. The highest BCUT2D eigenvalue weighted by molar-refractivity contribution is 5.86. The standard InChI is InChI=1S/C13H12F4N2O/c14-12(15)13(16,17)7-20-11-8(5-18)6-19-10-4-2-1-3-9(10)11/h1-4,6,12H,5,7,18H2. The van der Waals surface area contributed by atoms with Crippen LogP contribution in [0.5, 0.6) is 5.75 Å². The summed E-state index contributed by atoms with van der Waals surface area (Å²) >= 11 is 0. The van der Waals surface area contributed by atoms with Gasteiger partial charge in [-0.25, -0.2) is 8.78 Å². The number of aromatic nitrogens is 1. The quantitative estimate of drug-likeness (QED) is 0.860. The molecule has 0 saturated heterocycles. The number of hydrogen-bond acceptors (Lipinski definition) is 3. The fourth-order valence-electron chi connectivity index (χ4n) is 1.70. The van der Waals surface area contributed by atoms with Crippen LogP contribution < -0.4 is 10.5 Å². The molecule has 0 aliphatic heterocycles. The van der Waals surface area contributed by atoms with Crippen molar-refractivity contribution >= 4 is 10.9 Å². The fraction of sp³-hybridized carbons (Fsp3) is 0.308. The van der Waals surface area contributed by atoms with E-state index >= 15 is 0 Å². The molecule has 0 radical (unpaired) electrons. The normalized spacial score (nSPS) is 12.1.